The maximum absolute atomic E-state index is 12.9. The number of hydrogen-bond acceptors (Lipinski definition) is 3. The number of fused-ring (bicyclic) bond motifs is 2. The number of nitrogens with zero attached hydrogens (tertiary/aromatic N) is 1. The minimum atomic E-state index is -2.49. The largest absolute Gasteiger partial charge is 0.374 e. The zero-order valence-electron chi connectivity index (χ0n) is 18.2. The first-order chi connectivity index (χ1) is 14.2. The summed E-state index contributed by atoms with van der Waals surface area (Å²) < 4.78 is 23.7. The summed E-state index contributed by atoms with van der Waals surface area (Å²) in [5.41, 5.74) is 3.33. The van der Waals surface area contributed by atoms with Crippen LogP contribution in [0, 0.1) is 6.92 Å². The standard InChI is InChI=1S/C22H24ClN3O/c1-14-16(4-3-5-18(14)23)22(10-11-24-13-22)25-15-6-7-17-19(12-15)26(2)20(27)21(17)8-9-21/h3-7,12,24-25H,8-11,13H2,1-2H3/t22-/m1/s1/i2D3. The summed E-state index contributed by atoms with van der Waals surface area (Å²) in [6.45, 7) is 1.13. The van der Waals surface area contributed by atoms with Crippen molar-refractivity contribution in [3.05, 3.63) is 58.1 Å². The molecule has 0 radical (unpaired) electrons. The SMILES string of the molecule is [2H]C([2H])([2H])N1C(=O)C2(CC2)c2ccc(N[C@]3(c4cccc(Cl)c4C)CCNC3)cc21. The van der Waals surface area contributed by atoms with E-state index in [4.69, 9.17) is 15.7 Å². The Labute approximate surface area is 169 Å². The van der Waals surface area contributed by atoms with Gasteiger partial charge < -0.3 is 15.5 Å². The van der Waals surface area contributed by atoms with Crippen molar-refractivity contribution in [1.82, 2.24) is 5.32 Å². The summed E-state index contributed by atoms with van der Waals surface area (Å²) in [5.74, 6) is -0.294. The number of likely N-dealkylation sites (N-methyl/N-ethyl adjacent to an activating group) is 1. The van der Waals surface area contributed by atoms with Crippen LogP contribution in [0.3, 0.4) is 0 Å². The van der Waals surface area contributed by atoms with E-state index in [-0.39, 0.29) is 11.4 Å². The van der Waals surface area contributed by atoms with Crippen molar-refractivity contribution in [1.29, 1.82) is 0 Å². The number of anilines is 2. The molecule has 4 nitrogen and oxygen atoms in total. The average Bonchev–Trinajstić information content (AvgIpc) is 3.28. The highest BCUT2D eigenvalue weighted by Crippen LogP contribution is 2.57. The lowest BCUT2D eigenvalue weighted by molar-refractivity contribution is -0.119. The third-order valence-electron chi connectivity index (χ3n) is 6.44. The molecule has 2 N–H and O–H groups in total. The fourth-order valence-electron chi connectivity index (χ4n) is 4.74. The Balaban J connectivity index is 1.57. The summed E-state index contributed by atoms with van der Waals surface area (Å²) in [7, 11) is 0. The van der Waals surface area contributed by atoms with Crippen LogP contribution < -0.4 is 15.5 Å². The van der Waals surface area contributed by atoms with Crippen LogP contribution in [-0.2, 0) is 15.7 Å². The first kappa shape index (κ1) is 14.0. The Morgan fingerprint density at radius 3 is 2.78 bits per heavy atom. The topological polar surface area (TPSA) is 44.4 Å². The molecule has 3 aliphatic rings. The van der Waals surface area contributed by atoms with Crippen molar-refractivity contribution in [3.63, 3.8) is 0 Å². The summed E-state index contributed by atoms with van der Waals surface area (Å²) in [5, 5.41) is 7.82. The zero-order valence-corrected chi connectivity index (χ0v) is 16.0. The van der Waals surface area contributed by atoms with Gasteiger partial charge in [-0.05, 0) is 67.6 Å². The molecule has 5 heteroatoms. The van der Waals surface area contributed by atoms with Gasteiger partial charge in [0.05, 0.1) is 11.0 Å². The molecule has 0 bridgehead atoms. The molecule has 1 aliphatic carbocycles. The van der Waals surface area contributed by atoms with Gasteiger partial charge in [0.15, 0.2) is 0 Å². The summed E-state index contributed by atoms with van der Waals surface area (Å²) >= 11 is 6.40. The van der Waals surface area contributed by atoms with Crippen LogP contribution >= 0.6 is 11.6 Å². The zero-order chi connectivity index (χ0) is 21.3. The summed E-state index contributed by atoms with van der Waals surface area (Å²) in [4.78, 5) is 14.0. The number of nitrogens with one attached hydrogen (secondary N) is 2. The van der Waals surface area contributed by atoms with Gasteiger partial charge in [-0.2, -0.15) is 0 Å². The molecule has 2 aromatic rings. The monoisotopic (exact) mass is 384 g/mol. The van der Waals surface area contributed by atoms with Crippen LogP contribution in [0.4, 0.5) is 11.4 Å². The number of halogens is 1. The van der Waals surface area contributed by atoms with E-state index in [0.29, 0.717) is 18.5 Å². The number of hydrogen-bond donors (Lipinski definition) is 2. The van der Waals surface area contributed by atoms with E-state index in [0.717, 1.165) is 51.8 Å². The molecule has 1 amide bonds. The van der Waals surface area contributed by atoms with Crippen molar-refractivity contribution in [2.24, 2.45) is 0 Å². The summed E-state index contributed by atoms with van der Waals surface area (Å²) in [6.07, 6.45) is 2.30. The highest BCUT2D eigenvalue weighted by atomic mass is 35.5. The van der Waals surface area contributed by atoms with Crippen LogP contribution in [0.25, 0.3) is 0 Å². The lowest BCUT2D eigenvalue weighted by Gasteiger charge is -2.33. The molecule has 2 fully saturated rings. The van der Waals surface area contributed by atoms with Gasteiger partial charge in [0.1, 0.15) is 0 Å². The predicted octanol–water partition coefficient (Wildman–Crippen LogP) is 3.96. The Bertz CT molecular complexity index is 1040. The van der Waals surface area contributed by atoms with E-state index in [2.05, 4.69) is 16.7 Å². The fourth-order valence-corrected chi connectivity index (χ4v) is 4.92. The van der Waals surface area contributed by atoms with Crippen molar-refractivity contribution in [3.8, 4) is 0 Å². The molecule has 2 aliphatic heterocycles. The van der Waals surface area contributed by atoms with Gasteiger partial charge in [-0.15, -0.1) is 0 Å². The summed E-state index contributed by atoms with van der Waals surface area (Å²) in [6, 6.07) is 11.7. The van der Waals surface area contributed by atoms with E-state index < -0.39 is 12.4 Å². The van der Waals surface area contributed by atoms with Crippen molar-refractivity contribution >= 4 is 28.9 Å². The van der Waals surface area contributed by atoms with Gasteiger partial charge in [-0.25, -0.2) is 0 Å². The number of carbonyl (C=O) groups is 1. The third-order valence-corrected chi connectivity index (χ3v) is 6.85. The second-order valence-electron chi connectivity index (χ2n) is 8.00. The normalized spacial score (nSPS) is 27.3. The van der Waals surface area contributed by atoms with Crippen LogP contribution in [0.2, 0.25) is 5.02 Å². The second-order valence-corrected chi connectivity index (χ2v) is 8.41. The first-order valence-corrected chi connectivity index (χ1v) is 9.80. The molecule has 5 rings (SSSR count). The van der Waals surface area contributed by atoms with Crippen molar-refractivity contribution < 1.29 is 8.91 Å². The molecule has 27 heavy (non-hydrogen) atoms. The molecule has 2 heterocycles. The molecule has 2 aromatic carbocycles. The maximum Gasteiger partial charge on any atom is 0.237 e. The highest BCUT2D eigenvalue weighted by Gasteiger charge is 2.58. The molecule has 0 aromatic heterocycles. The average molecular weight is 385 g/mol. The van der Waals surface area contributed by atoms with Gasteiger partial charge in [0, 0.05) is 34.0 Å². The maximum atomic E-state index is 12.9. The van der Waals surface area contributed by atoms with E-state index in [1.807, 2.05) is 37.3 Å². The quantitative estimate of drug-likeness (QED) is 0.841. The van der Waals surface area contributed by atoms with Gasteiger partial charge in [0.2, 0.25) is 5.91 Å². The Morgan fingerprint density at radius 2 is 2.07 bits per heavy atom. The van der Waals surface area contributed by atoms with Crippen LogP contribution in [0.1, 0.15) is 40.1 Å². The number of carbonyl (C=O) groups excluding carboxylic acids is 1. The van der Waals surface area contributed by atoms with Crippen LogP contribution in [-0.4, -0.2) is 26.0 Å². The van der Waals surface area contributed by atoms with Crippen LogP contribution in [0.15, 0.2) is 36.4 Å². The first-order valence-electron chi connectivity index (χ1n) is 10.9. The Hall–Kier alpha value is -2.04. The number of benzene rings is 2. The fraction of sp³-hybridized carbons (Fsp3) is 0.409. The van der Waals surface area contributed by atoms with E-state index in [1.54, 1.807) is 0 Å². The smallest absolute Gasteiger partial charge is 0.237 e. The molecular formula is C22H24ClN3O. The molecule has 1 atom stereocenters. The minimum absolute atomic E-state index is 0.294. The van der Waals surface area contributed by atoms with Gasteiger partial charge >= 0.3 is 0 Å². The third kappa shape index (κ3) is 2.36. The molecule has 140 valence electrons. The van der Waals surface area contributed by atoms with E-state index in [9.17, 15) is 4.79 Å². The molecular weight excluding hydrogens is 358 g/mol. The molecule has 0 unspecified atom stereocenters. The lowest BCUT2D eigenvalue weighted by atomic mass is 9.85. The lowest BCUT2D eigenvalue weighted by Crippen LogP contribution is -2.38. The van der Waals surface area contributed by atoms with Gasteiger partial charge in [0.25, 0.3) is 0 Å². The highest BCUT2D eigenvalue weighted by molar-refractivity contribution is 6.31. The van der Waals surface area contributed by atoms with Gasteiger partial charge in [-0.1, -0.05) is 29.8 Å². The van der Waals surface area contributed by atoms with Crippen molar-refractivity contribution in [2.45, 2.75) is 37.1 Å². The van der Waals surface area contributed by atoms with E-state index in [1.165, 1.54) is 0 Å². The second kappa shape index (κ2) is 5.73. The number of rotatable bonds is 3. The predicted molar refractivity (Wildman–Crippen MR) is 110 cm³/mol. The molecule has 1 spiro atoms. The molecule has 1 saturated carbocycles. The van der Waals surface area contributed by atoms with Crippen LogP contribution in [0.5, 0.6) is 0 Å². The Morgan fingerprint density at radius 1 is 1.22 bits per heavy atom. The molecule has 1 saturated heterocycles. The van der Waals surface area contributed by atoms with Crippen molar-refractivity contribution in [2.75, 3.05) is 30.3 Å². The van der Waals surface area contributed by atoms with E-state index >= 15 is 0 Å². The van der Waals surface area contributed by atoms with Gasteiger partial charge in [-0.3, -0.25) is 4.79 Å². The minimum Gasteiger partial charge on any atom is -0.374 e. The number of amides is 1. The Kier molecular flexibility index (Phi) is 2.98.